The molecule has 2 rings (SSSR count). The van der Waals surface area contributed by atoms with Gasteiger partial charge in [0, 0.05) is 25.2 Å². The molecule has 0 aromatic heterocycles. The molecule has 1 unspecified atom stereocenters. The van der Waals surface area contributed by atoms with Crippen LogP contribution in [0.5, 0.6) is 0 Å². The number of rotatable bonds is 5. The van der Waals surface area contributed by atoms with Crippen LogP contribution in [-0.4, -0.2) is 42.5 Å². The Hall–Kier alpha value is -0.610. The number of piperidine rings is 1. The van der Waals surface area contributed by atoms with Crippen LogP contribution in [0.15, 0.2) is 0 Å². The van der Waals surface area contributed by atoms with E-state index >= 15 is 0 Å². The predicted octanol–water partition coefficient (Wildman–Crippen LogP) is 1.88. The van der Waals surface area contributed by atoms with E-state index in [1.54, 1.807) is 0 Å². The summed E-state index contributed by atoms with van der Waals surface area (Å²) in [5.74, 6) is 0.908. The van der Waals surface area contributed by atoms with E-state index in [9.17, 15) is 4.79 Å². The Kier molecular flexibility index (Phi) is 6.30. The Morgan fingerprint density at radius 3 is 2.45 bits per heavy atom. The Labute approximate surface area is 123 Å². The van der Waals surface area contributed by atoms with Gasteiger partial charge in [0.25, 0.3) is 0 Å². The molecule has 1 aliphatic heterocycles. The molecule has 0 spiro atoms. The summed E-state index contributed by atoms with van der Waals surface area (Å²) in [4.78, 5) is 14.5. The molecule has 2 aliphatic rings. The molecule has 20 heavy (non-hydrogen) atoms. The Morgan fingerprint density at radius 2 is 1.85 bits per heavy atom. The first-order valence-electron chi connectivity index (χ1n) is 8.46. The molecule has 4 heteroatoms. The van der Waals surface area contributed by atoms with Crippen LogP contribution in [-0.2, 0) is 4.79 Å². The van der Waals surface area contributed by atoms with E-state index < -0.39 is 0 Å². The van der Waals surface area contributed by atoms with Crippen molar-refractivity contribution in [2.75, 3.05) is 19.6 Å². The summed E-state index contributed by atoms with van der Waals surface area (Å²) in [5, 5.41) is 3.28. The maximum Gasteiger partial charge on any atom is 0.234 e. The third kappa shape index (κ3) is 4.74. The standard InChI is InChI=1S/C16H31N3O/c1-2-15(13-6-4-3-5-7-13)18-16(20)12-19-10-8-14(17)9-11-19/h13-15H,2-12,17H2,1H3,(H,18,20). The van der Waals surface area contributed by atoms with Crippen molar-refractivity contribution in [1.82, 2.24) is 10.2 Å². The van der Waals surface area contributed by atoms with Crippen LogP contribution in [0.25, 0.3) is 0 Å². The second kappa shape index (κ2) is 7.99. The molecule has 1 heterocycles. The van der Waals surface area contributed by atoms with Crippen LogP contribution in [0, 0.1) is 5.92 Å². The average molecular weight is 281 g/mol. The molecule has 1 amide bonds. The highest BCUT2D eigenvalue weighted by atomic mass is 16.2. The highest BCUT2D eigenvalue weighted by molar-refractivity contribution is 5.78. The minimum atomic E-state index is 0.206. The summed E-state index contributed by atoms with van der Waals surface area (Å²) < 4.78 is 0. The first-order chi connectivity index (χ1) is 9.69. The molecule has 1 atom stereocenters. The molecule has 1 saturated heterocycles. The van der Waals surface area contributed by atoms with Crippen LogP contribution < -0.4 is 11.1 Å². The summed E-state index contributed by atoms with van der Waals surface area (Å²) in [6.45, 7) is 4.68. The van der Waals surface area contributed by atoms with Gasteiger partial charge in [0.05, 0.1) is 6.54 Å². The van der Waals surface area contributed by atoms with Crippen molar-refractivity contribution in [1.29, 1.82) is 0 Å². The normalized spacial score (nSPS) is 24.5. The predicted molar refractivity (Wildman–Crippen MR) is 82.4 cm³/mol. The van der Waals surface area contributed by atoms with Gasteiger partial charge in [-0.1, -0.05) is 26.2 Å². The Morgan fingerprint density at radius 1 is 1.20 bits per heavy atom. The smallest absolute Gasteiger partial charge is 0.234 e. The first kappa shape index (κ1) is 15.8. The highest BCUT2D eigenvalue weighted by Gasteiger charge is 2.25. The third-order valence-corrected chi connectivity index (χ3v) is 5.00. The number of carbonyl (C=O) groups excluding carboxylic acids is 1. The average Bonchev–Trinajstić information content (AvgIpc) is 2.48. The third-order valence-electron chi connectivity index (χ3n) is 5.00. The molecule has 0 radical (unpaired) electrons. The van der Waals surface area contributed by atoms with Crippen molar-refractivity contribution in [3.63, 3.8) is 0 Å². The molecule has 0 aromatic rings. The van der Waals surface area contributed by atoms with E-state index in [-0.39, 0.29) is 5.91 Å². The van der Waals surface area contributed by atoms with Crippen molar-refractivity contribution in [2.45, 2.75) is 70.4 Å². The van der Waals surface area contributed by atoms with Gasteiger partial charge in [-0.25, -0.2) is 0 Å². The van der Waals surface area contributed by atoms with E-state index in [2.05, 4.69) is 17.1 Å². The van der Waals surface area contributed by atoms with E-state index in [0.29, 0.717) is 24.5 Å². The summed E-state index contributed by atoms with van der Waals surface area (Å²) in [6, 6.07) is 0.717. The summed E-state index contributed by atoms with van der Waals surface area (Å²) in [6.07, 6.45) is 9.72. The fraction of sp³-hybridized carbons (Fsp3) is 0.938. The fourth-order valence-electron chi connectivity index (χ4n) is 3.66. The van der Waals surface area contributed by atoms with Gasteiger partial charge < -0.3 is 11.1 Å². The van der Waals surface area contributed by atoms with Crippen molar-refractivity contribution in [2.24, 2.45) is 11.7 Å². The van der Waals surface area contributed by atoms with Crippen molar-refractivity contribution in [3.05, 3.63) is 0 Å². The van der Waals surface area contributed by atoms with E-state index in [4.69, 9.17) is 5.73 Å². The SMILES string of the molecule is CCC(NC(=O)CN1CCC(N)CC1)C1CCCCC1. The summed E-state index contributed by atoms with van der Waals surface area (Å²) in [5.41, 5.74) is 5.90. The van der Waals surface area contributed by atoms with Crippen molar-refractivity contribution < 1.29 is 4.79 Å². The molecule has 0 bridgehead atoms. The lowest BCUT2D eigenvalue weighted by Crippen LogP contribution is -2.48. The molecular formula is C16H31N3O. The van der Waals surface area contributed by atoms with Gasteiger partial charge in [-0.05, 0) is 38.0 Å². The van der Waals surface area contributed by atoms with Crippen molar-refractivity contribution >= 4 is 5.91 Å². The van der Waals surface area contributed by atoms with Gasteiger partial charge in [-0.2, -0.15) is 0 Å². The van der Waals surface area contributed by atoms with E-state index in [1.807, 2.05) is 0 Å². The lowest BCUT2D eigenvalue weighted by molar-refractivity contribution is -0.123. The number of amides is 1. The van der Waals surface area contributed by atoms with E-state index in [0.717, 1.165) is 32.4 Å². The van der Waals surface area contributed by atoms with Gasteiger partial charge in [0.1, 0.15) is 0 Å². The zero-order valence-electron chi connectivity index (χ0n) is 12.9. The Balaban J connectivity index is 1.74. The molecule has 3 N–H and O–H groups in total. The number of hydrogen-bond donors (Lipinski definition) is 2. The Bertz CT molecular complexity index is 294. The zero-order chi connectivity index (χ0) is 14.4. The van der Waals surface area contributed by atoms with Crippen LogP contribution in [0.4, 0.5) is 0 Å². The molecule has 0 aromatic carbocycles. The molecule has 116 valence electrons. The van der Waals surface area contributed by atoms with Gasteiger partial charge >= 0.3 is 0 Å². The first-order valence-corrected chi connectivity index (χ1v) is 8.46. The molecule has 1 aliphatic carbocycles. The lowest BCUT2D eigenvalue weighted by atomic mass is 9.83. The largest absolute Gasteiger partial charge is 0.352 e. The van der Waals surface area contributed by atoms with Gasteiger partial charge in [0.2, 0.25) is 5.91 Å². The topological polar surface area (TPSA) is 58.4 Å². The zero-order valence-corrected chi connectivity index (χ0v) is 12.9. The van der Waals surface area contributed by atoms with Crippen LogP contribution in [0.3, 0.4) is 0 Å². The number of nitrogens with one attached hydrogen (secondary N) is 1. The number of nitrogens with zero attached hydrogens (tertiary/aromatic N) is 1. The van der Waals surface area contributed by atoms with Crippen LogP contribution >= 0.6 is 0 Å². The number of likely N-dealkylation sites (tertiary alicyclic amines) is 1. The van der Waals surface area contributed by atoms with Crippen LogP contribution in [0.2, 0.25) is 0 Å². The van der Waals surface area contributed by atoms with Crippen molar-refractivity contribution in [3.8, 4) is 0 Å². The highest BCUT2D eigenvalue weighted by Crippen LogP contribution is 2.27. The lowest BCUT2D eigenvalue weighted by Gasteiger charge is -2.32. The maximum atomic E-state index is 12.2. The number of hydrogen-bond acceptors (Lipinski definition) is 3. The monoisotopic (exact) mass is 281 g/mol. The number of carbonyl (C=O) groups is 1. The second-order valence-electron chi connectivity index (χ2n) is 6.59. The minimum Gasteiger partial charge on any atom is -0.352 e. The molecule has 1 saturated carbocycles. The quantitative estimate of drug-likeness (QED) is 0.809. The minimum absolute atomic E-state index is 0.206. The van der Waals surface area contributed by atoms with Crippen LogP contribution in [0.1, 0.15) is 58.3 Å². The maximum absolute atomic E-state index is 12.2. The van der Waals surface area contributed by atoms with Gasteiger partial charge in [-0.15, -0.1) is 0 Å². The second-order valence-corrected chi connectivity index (χ2v) is 6.59. The van der Waals surface area contributed by atoms with E-state index in [1.165, 1.54) is 32.1 Å². The fourth-order valence-corrected chi connectivity index (χ4v) is 3.66. The molecular weight excluding hydrogens is 250 g/mol. The number of nitrogens with two attached hydrogens (primary N) is 1. The molecule has 4 nitrogen and oxygen atoms in total. The summed E-state index contributed by atoms with van der Waals surface area (Å²) >= 11 is 0. The van der Waals surface area contributed by atoms with Gasteiger partial charge in [0.15, 0.2) is 0 Å². The summed E-state index contributed by atoms with van der Waals surface area (Å²) in [7, 11) is 0. The molecule has 2 fully saturated rings. The van der Waals surface area contributed by atoms with Gasteiger partial charge in [-0.3, -0.25) is 9.69 Å².